The van der Waals surface area contributed by atoms with Gasteiger partial charge in [-0.2, -0.15) is 5.26 Å². The topological polar surface area (TPSA) is 76.4 Å². The van der Waals surface area contributed by atoms with Crippen LogP contribution in [0.4, 0.5) is 0 Å². The van der Waals surface area contributed by atoms with Crippen LogP contribution < -0.4 is 0 Å². The Labute approximate surface area is 145 Å². The van der Waals surface area contributed by atoms with Crippen LogP contribution in [0.5, 0.6) is 0 Å². The Balaban J connectivity index is 3.18. The van der Waals surface area contributed by atoms with Crippen LogP contribution in [-0.4, -0.2) is 26.2 Å². The predicted octanol–water partition coefficient (Wildman–Crippen LogP) is 3.66. The van der Waals surface area contributed by atoms with Gasteiger partial charge in [0.2, 0.25) is 0 Å². The molecule has 1 aromatic rings. The summed E-state index contributed by atoms with van der Waals surface area (Å²) in [5, 5.41) is 10.5. The quantitative estimate of drug-likeness (QED) is 0.695. The minimum Gasteiger partial charge on any atom is -0.469 e. The van der Waals surface area contributed by atoms with Crippen molar-refractivity contribution in [2.45, 2.75) is 31.1 Å². The molecule has 5 nitrogen and oxygen atoms in total. The number of nitriles is 1. The van der Waals surface area contributed by atoms with E-state index in [-0.39, 0.29) is 25.7 Å². The molecule has 124 valence electrons. The van der Waals surface area contributed by atoms with Crippen molar-refractivity contribution in [3.05, 3.63) is 33.8 Å². The molecular formula is C16H17Cl2NO4. The van der Waals surface area contributed by atoms with Gasteiger partial charge in [-0.15, -0.1) is 0 Å². The Morgan fingerprint density at radius 1 is 1.13 bits per heavy atom. The molecule has 0 atom stereocenters. The predicted molar refractivity (Wildman–Crippen MR) is 86.3 cm³/mol. The summed E-state index contributed by atoms with van der Waals surface area (Å²) in [4.78, 5) is 22.9. The molecule has 1 rings (SSSR count). The zero-order valence-corrected chi connectivity index (χ0v) is 14.4. The largest absolute Gasteiger partial charge is 0.469 e. The lowest BCUT2D eigenvalue weighted by Gasteiger charge is -2.27. The average molecular weight is 358 g/mol. The van der Waals surface area contributed by atoms with Gasteiger partial charge in [0.25, 0.3) is 0 Å². The molecule has 0 fully saturated rings. The molecule has 0 aliphatic heterocycles. The van der Waals surface area contributed by atoms with Gasteiger partial charge in [0, 0.05) is 22.9 Å². The van der Waals surface area contributed by atoms with Gasteiger partial charge in [0.05, 0.1) is 25.7 Å². The van der Waals surface area contributed by atoms with E-state index in [0.29, 0.717) is 15.6 Å². The molecule has 0 radical (unpaired) electrons. The number of carbonyl (C=O) groups is 2. The molecule has 0 aliphatic carbocycles. The van der Waals surface area contributed by atoms with Gasteiger partial charge in [0.15, 0.2) is 0 Å². The second-order valence-electron chi connectivity index (χ2n) is 4.97. The van der Waals surface area contributed by atoms with Gasteiger partial charge in [-0.1, -0.05) is 29.3 Å². The first-order valence-corrected chi connectivity index (χ1v) is 7.64. The molecule has 0 saturated heterocycles. The standard InChI is InChI=1S/C16H17Cl2NO4/c1-22-14(20)5-7-16(10-19,8-6-15(21)23-2)12-4-3-11(17)9-13(12)18/h3-4,9H,5-8H2,1-2H3. The fraction of sp³-hybridized carbons (Fsp3) is 0.438. The van der Waals surface area contributed by atoms with Crippen LogP contribution in [0.2, 0.25) is 10.0 Å². The number of halogens is 2. The molecule has 23 heavy (non-hydrogen) atoms. The van der Waals surface area contributed by atoms with Crippen LogP contribution in [0.1, 0.15) is 31.2 Å². The average Bonchev–Trinajstić information content (AvgIpc) is 2.55. The maximum Gasteiger partial charge on any atom is 0.305 e. The summed E-state index contributed by atoms with van der Waals surface area (Å²) < 4.78 is 9.26. The summed E-state index contributed by atoms with van der Waals surface area (Å²) in [6.45, 7) is 0. The number of carbonyl (C=O) groups excluding carboxylic acids is 2. The van der Waals surface area contributed by atoms with Crippen molar-refractivity contribution >= 4 is 35.1 Å². The van der Waals surface area contributed by atoms with Crippen molar-refractivity contribution in [2.24, 2.45) is 0 Å². The summed E-state index contributed by atoms with van der Waals surface area (Å²) in [6.07, 6.45) is 0.414. The SMILES string of the molecule is COC(=O)CCC(C#N)(CCC(=O)OC)c1ccc(Cl)cc1Cl. The van der Waals surface area contributed by atoms with Gasteiger partial charge in [0.1, 0.15) is 0 Å². The van der Waals surface area contributed by atoms with Gasteiger partial charge in [-0.3, -0.25) is 9.59 Å². The Bertz CT molecular complexity index is 605. The third-order valence-corrected chi connectivity index (χ3v) is 4.18. The lowest BCUT2D eigenvalue weighted by Crippen LogP contribution is -2.27. The van der Waals surface area contributed by atoms with E-state index in [2.05, 4.69) is 15.5 Å². The van der Waals surface area contributed by atoms with Crippen LogP contribution in [0, 0.1) is 11.3 Å². The molecular weight excluding hydrogens is 341 g/mol. The van der Waals surface area contributed by atoms with E-state index in [1.807, 2.05) is 0 Å². The van der Waals surface area contributed by atoms with Crippen molar-refractivity contribution in [3.8, 4) is 6.07 Å². The van der Waals surface area contributed by atoms with E-state index in [0.717, 1.165) is 0 Å². The maximum absolute atomic E-state index is 11.5. The molecule has 0 spiro atoms. The molecule has 1 aromatic carbocycles. The van der Waals surface area contributed by atoms with Gasteiger partial charge in [-0.25, -0.2) is 0 Å². The van der Waals surface area contributed by atoms with Crippen molar-refractivity contribution < 1.29 is 19.1 Å². The molecule has 0 heterocycles. The van der Waals surface area contributed by atoms with Crippen molar-refractivity contribution in [3.63, 3.8) is 0 Å². The summed E-state index contributed by atoms with van der Waals surface area (Å²) in [5.41, 5.74) is -0.580. The summed E-state index contributed by atoms with van der Waals surface area (Å²) >= 11 is 12.1. The number of esters is 2. The minimum atomic E-state index is -1.11. The van der Waals surface area contributed by atoms with E-state index >= 15 is 0 Å². The molecule has 0 unspecified atom stereocenters. The van der Waals surface area contributed by atoms with Crippen molar-refractivity contribution in [1.82, 2.24) is 0 Å². The molecule has 7 heteroatoms. The number of hydrogen-bond acceptors (Lipinski definition) is 5. The first-order chi connectivity index (χ1) is 10.9. The van der Waals surface area contributed by atoms with Crippen LogP contribution in [-0.2, 0) is 24.5 Å². The zero-order valence-electron chi connectivity index (χ0n) is 12.9. The fourth-order valence-corrected chi connectivity index (χ4v) is 2.87. The Kier molecular flexibility index (Phi) is 7.34. The highest BCUT2D eigenvalue weighted by molar-refractivity contribution is 6.35. The van der Waals surface area contributed by atoms with E-state index in [1.165, 1.54) is 20.3 Å². The van der Waals surface area contributed by atoms with Crippen molar-refractivity contribution in [1.29, 1.82) is 5.26 Å². The molecule has 0 aromatic heterocycles. The minimum absolute atomic E-state index is 0.0319. The highest BCUT2D eigenvalue weighted by Gasteiger charge is 2.35. The van der Waals surface area contributed by atoms with Gasteiger partial charge in [-0.05, 0) is 30.5 Å². The van der Waals surface area contributed by atoms with Crippen LogP contribution in [0.25, 0.3) is 0 Å². The third-order valence-electron chi connectivity index (χ3n) is 3.63. The van der Waals surface area contributed by atoms with E-state index in [1.54, 1.807) is 12.1 Å². The molecule has 0 amide bonds. The Hall–Kier alpha value is -1.77. The number of hydrogen-bond donors (Lipinski definition) is 0. The monoisotopic (exact) mass is 357 g/mol. The normalized spacial score (nSPS) is 10.7. The van der Waals surface area contributed by atoms with Gasteiger partial charge < -0.3 is 9.47 Å². The van der Waals surface area contributed by atoms with Crippen LogP contribution in [0.3, 0.4) is 0 Å². The fourth-order valence-electron chi connectivity index (χ4n) is 2.28. The number of methoxy groups -OCH3 is 2. The number of benzene rings is 1. The van der Waals surface area contributed by atoms with Gasteiger partial charge >= 0.3 is 11.9 Å². The second-order valence-corrected chi connectivity index (χ2v) is 5.81. The maximum atomic E-state index is 11.5. The number of ether oxygens (including phenoxy) is 2. The molecule has 0 N–H and O–H groups in total. The molecule has 0 aliphatic rings. The van der Waals surface area contributed by atoms with Crippen LogP contribution in [0.15, 0.2) is 18.2 Å². The van der Waals surface area contributed by atoms with Crippen LogP contribution >= 0.6 is 23.2 Å². The lowest BCUT2D eigenvalue weighted by molar-refractivity contribution is -0.141. The molecule has 0 saturated carbocycles. The van der Waals surface area contributed by atoms with E-state index in [4.69, 9.17) is 23.2 Å². The summed E-state index contributed by atoms with van der Waals surface area (Å²) in [5.74, 6) is -0.874. The number of nitrogens with zero attached hydrogens (tertiary/aromatic N) is 1. The molecule has 0 bridgehead atoms. The summed E-state index contributed by atoms with van der Waals surface area (Å²) in [6, 6.07) is 6.99. The first kappa shape index (κ1) is 19.3. The van der Waals surface area contributed by atoms with Crippen molar-refractivity contribution in [2.75, 3.05) is 14.2 Å². The zero-order chi connectivity index (χ0) is 17.5. The first-order valence-electron chi connectivity index (χ1n) is 6.89. The highest BCUT2D eigenvalue weighted by atomic mass is 35.5. The van der Waals surface area contributed by atoms with E-state index < -0.39 is 17.4 Å². The smallest absolute Gasteiger partial charge is 0.305 e. The third kappa shape index (κ3) is 5.12. The van der Waals surface area contributed by atoms with E-state index in [9.17, 15) is 14.9 Å². The Morgan fingerprint density at radius 3 is 2.04 bits per heavy atom. The number of rotatable bonds is 7. The second kappa shape index (κ2) is 8.76. The highest BCUT2D eigenvalue weighted by Crippen LogP contribution is 2.39. The lowest BCUT2D eigenvalue weighted by atomic mass is 9.74. The summed E-state index contributed by atoms with van der Waals surface area (Å²) in [7, 11) is 2.56. The Morgan fingerprint density at radius 2 is 1.65 bits per heavy atom.